The van der Waals surface area contributed by atoms with E-state index in [1.807, 2.05) is 24.3 Å². The number of nitrogens with one attached hydrogen (secondary N) is 1. The molecule has 1 aromatic heterocycles. The van der Waals surface area contributed by atoms with Gasteiger partial charge in [0.2, 0.25) is 0 Å². The van der Waals surface area contributed by atoms with Gasteiger partial charge < -0.3 is 5.32 Å². The first-order valence-corrected chi connectivity index (χ1v) is 7.76. The number of aryl methyl sites for hydroxylation is 1. The molecule has 0 spiro atoms. The van der Waals surface area contributed by atoms with E-state index in [-0.39, 0.29) is 5.03 Å². The normalized spacial score (nSPS) is 11.3. The van der Waals surface area contributed by atoms with Crippen molar-refractivity contribution in [3.05, 3.63) is 42.2 Å². The van der Waals surface area contributed by atoms with Gasteiger partial charge in [0, 0.05) is 18.0 Å². The predicted molar refractivity (Wildman–Crippen MR) is 74.2 cm³/mol. The molecule has 2 aromatic rings. The van der Waals surface area contributed by atoms with Gasteiger partial charge in [0.15, 0.2) is 14.9 Å². The second-order valence-electron chi connectivity index (χ2n) is 4.19. The van der Waals surface area contributed by atoms with Crippen LogP contribution in [0.25, 0.3) is 0 Å². The first-order chi connectivity index (χ1) is 8.99. The molecule has 0 atom stereocenters. The van der Waals surface area contributed by atoms with Gasteiger partial charge in [-0.3, -0.25) is 0 Å². The largest absolute Gasteiger partial charge is 0.340 e. The molecule has 2 rings (SSSR count). The number of hydrogen-bond donors (Lipinski definition) is 1. The van der Waals surface area contributed by atoms with Crippen molar-refractivity contribution in [1.82, 2.24) is 9.97 Å². The third-order valence-corrected chi connectivity index (χ3v) is 3.61. The average Bonchev–Trinajstić information content (AvgIpc) is 2.38. The first kappa shape index (κ1) is 13.5. The summed E-state index contributed by atoms with van der Waals surface area (Å²) in [6.45, 7) is 2.07. The van der Waals surface area contributed by atoms with E-state index in [0.29, 0.717) is 5.82 Å². The second-order valence-corrected chi connectivity index (χ2v) is 6.16. The molecule has 0 fully saturated rings. The minimum Gasteiger partial charge on any atom is -0.340 e. The molecule has 0 aliphatic heterocycles. The summed E-state index contributed by atoms with van der Waals surface area (Å²) in [7, 11) is -3.32. The van der Waals surface area contributed by atoms with Crippen LogP contribution < -0.4 is 5.32 Å². The molecule has 19 heavy (non-hydrogen) atoms. The highest BCUT2D eigenvalue weighted by molar-refractivity contribution is 7.90. The lowest BCUT2D eigenvalue weighted by atomic mass is 10.1. The molecule has 5 nitrogen and oxygen atoms in total. The summed E-state index contributed by atoms with van der Waals surface area (Å²) in [5, 5.41) is 3.09. The fourth-order valence-corrected chi connectivity index (χ4v) is 2.19. The van der Waals surface area contributed by atoms with Crippen molar-refractivity contribution in [2.24, 2.45) is 0 Å². The monoisotopic (exact) mass is 277 g/mol. The van der Waals surface area contributed by atoms with Crippen molar-refractivity contribution in [2.45, 2.75) is 18.4 Å². The van der Waals surface area contributed by atoms with E-state index in [4.69, 9.17) is 0 Å². The lowest BCUT2D eigenvalue weighted by molar-refractivity contribution is 0.598. The Morgan fingerprint density at radius 2 is 2.00 bits per heavy atom. The van der Waals surface area contributed by atoms with Crippen LogP contribution in [0.15, 0.2) is 41.7 Å². The molecule has 0 aliphatic carbocycles. The number of hydrogen-bond acceptors (Lipinski definition) is 5. The smallest absolute Gasteiger partial charge is 0.192 e. The van der Waals surface area contributed by atoms with Gasteiger partial charge in [-0.05, 0) is 24.1 Å². The van der Waals surface area contributed by atoms with E-state index in [2.05, 4.69) is 22.2 Å². The van der Waals surface area contributed by atoms with E-state index in [1.54, 1.807) is 0 Å². The molecule has 1 N–H and O–H groups in total. The number of rotatable bonds is 4. The highest BCUT2D eigenvalue weighted by atomic mass is 32.2. The highest BCUT2D eigenvalue weighted by Crippen LogP contribution is 2.17. The van der Waals surface area contributed by atoms with Gasteiger partial charge in [-0.2, -0.15) is 0 Å². The van der Waals surface area contributed by atoms with E-state index >= 15 is 0 Å². The topological polar surface area (TPSA) is 72.0 Å². The van der Waals surface area contributed by atoms with Crippen LogP contribution in [0.4, 0.5) is 11.5 Å². The molecule has 0 saturated heterocycles. The zero-order valence-electron chi connectivity index (χ0n) is 10.8. The Hall–Kier alpha value is -1.95. The van der Waals surface area contributed by atoms with E-state index in [9.17, 15) is 8.42 Å². The maximum absolute atomic E-state index is 11.4. The van der Waals surface area contributed by atoms with Crippen molar-refractivity contribution in [3.8, 4) is 0 Å². The molecule has 100 valence electrons. The molecule has 6 heteroatoms. The summed E-state index contributed by atoms with van der Waals surface area (Å²) in [4.78, 5) is 7.76. The Kier molecular flexibility index (Phi) is 3.80. The molecular formula is C13H15N3O2S. The molecule has 0 aliphatic rings. The Balaban J connectivity index is 2.28. The Morgan fingerprint density at radius 3 is 2.68 bits per heavy atom. The SMILES string of the molecule is CCc1cccc(Nc2cc(S(C)(=O)=O)ncn2)c1. The summed E-state index contributed by atoms with van der Waals surface area (Å²) in [5.74, 6) is 0.462. The van der Waals surface area contributed by atoms with Gasteiger partial charge in [0.25, 0.3) is 0 Å². The molecule has 0 saturated carbocycles. The third kappa shape index (κ3) is 3.51. The molecule has 0 unspecified atom stereocenters. The van der Waals surface area contributed by atoms with Crippen LogP contribution in [0.1, 0.15) is 12.5 Å². The van der Waals surface area contributed by atoms with Crippen LogP contribution >= 0.6 is 0 Å². The highest BCUT2D eigenvalue weighted by Gasteiger charge is 2.10. The van der Waals surface area contributed by atoms with Gasteiger partial charge in [0.1, 0.15) is 12.1 Å². The van der Waals surface area contributed by atoms with Crippen molar-refractivity contribution < 1.29 is 8.42 Å². The summed E-state index contributed by atoms with van der Waals surface area (Å²) in [5.41, 5.74) is 2.07. The maximum Gasteiger partial charge on any atom is 0.192 e. The maximum atomic E-state index is 11.4. The van der Waals surface area contributed by atoms with Crippen LogP contribution in [0.5, 0.6) is 0 Å². The van der Waals surface area contributed by atoms with Crippen LogP contribution in [0.3, 0.4) is 0 Å². The van der Waals surface area contributed by atoms with E-state index in [1.165, 1.54) is 18.0 Å². The molecule has 0 amide bonds. The standard InChI is InChI=1S/C13H15N3O2S/c1-3-10-5-4-6-11(7-10)16-12-8-13(15-9-14-12)19(2,17)18/h4-9H,3H2,1-2H3,(H,14,15,16). The predicted octanol–water partition coefficient (Wildman–Crippen LogP) is 2.19. The number of sulfone groups is 1. The first-order valence-electron chi connectivity index (χ1n) is 5.87. The number of aromatic nitrogens is 2. The molecular weight excluding hydrogens is 262 g/mol. The fraction of sp³-hybridized carbons (Fsp3) is 0.231. The van der Waals surface area contributed by atoms with Crippen LogP contribution in [0.2, 0.25) is 0 Å². The average molecular weight is 277 g/mol. The van der Waals surface area contributed by atoms with Gasteiger partial charge in [-0.15, -0.1) is 0 Å². The summed E-state index contributed by atoms with van der Waals surface area (Å²) < 4.78 is 22.8. The lowest BCUT2D eigenvalue weighted by Gasteiger charge is -2.07. The van der Waals surface area contributed by atoms with Crippen LogP contribution in [-0.4, -0.2) is 24.6 Å². The summed E-state index contributed by atoms with van der Waals surface area (Å²) >= 11 is 0. The zero-order chi connectivity index (χ0) is 13.9. The molecule has 0 radical (unpaired) electrons. The van der Waals surface area contributed by atoms with Crippen LogP contribution in [0, 0.1) is 0 Å². The minimum atomic E-state index is -3.32. The van der Waals surface area contributed by atoms with Crippen LogP contribution in [-0.2, 0) is 16.3 Å². The minimum absolute atomic E-state index is 0.0108. The fourth-order valence-electron chi connectivity index (χ4n) is 1.63. The van der Waals surface area contributed by atoms with Crippen molar-refractivity contribution in [3.63, 3.8) is 0 Å². The number of benzene rings is 1. The second kappa shape index (κ2) is 5.36. The van der Waals surface area contributed by atoms with Crippen molar-refractivity contribution >= 4 is 21.3 Å². The van der Waals surface area contributed by atoms with Crippen molar-refractivity contribution in [2.75, 3.05) is 11.6 Å². The summed E-state index contributed by atoms with van der Waals surface area (Å²) in [6.07, 6.45) is 3.30. The molecule has 1 heterocycles. The Bertz CT molecular complexity index is 684. The van der Waals surface area contributed by atoms with Gasteiger partial charge >= 0.3 is 0 Å². The Morgan fingerprint density at radius 1 is 1.21 bits per heavy atom. The third-order valence-electron chi connectivity index (χ3n) is 2.63. The van der Waals surface area contributed by atoms with Crippen molar-refractivity contribution in [1.29, 1.82) is 0 Å². The van der Waals surface area contributed by atoms with E-state index in [0.717, 1.165) is 18.4 Å². The summed E-state index contributed by atoms with van der Waals surface area (Å²) in [6, 6.07) is 9.31. The molecule has 0 bridgehead atoms. The molecule has 1 aromatic carbocycles. The Labute approximate surface area is 112 Å². The lowest BCUT2D eigenvalue weighted by Crippen LogP contribution is -2.03. The van der Waals surface area contributed by atoms with Gasteiger partial charge in [0.05, 0.1) is 0 Å². The van der Waals surface area contributed by atoms with E-state index < -0.39 is 9.84 Å². The van der Waals surface area contributed by atoms with Gasteiger partial charge in [-0.1, -0.05) is 19.1 Å². The zero-order valence-corrected chi connectivity index (χ0v) is 11.6. The quantitative estimate of drug-likeness (QED) is 0.867. The number of nitrogens with zero attached hydrogens (tertiary/aromatic N) is 2. The van der Waals surface area contributed by atoms with Gasteiger partial charge in [-0.25, -0.2) is 18.4 Å². The number of anilines is 2.